The number of nitrogens with two attached hydrogens (primary N) is 1. The fraction of sp³-hybridized carbons (Fsp3) is 0.600. The lowest BCUT2D eigenvalue weighted by Gasteiger charge is -2.38. The number of rotatable bonds is 4. The maximum Gasteiger partial charge on any atom is 0.137 e. The number of hydrogen-bond acceptors (Lipinski definition) is 5. The molecule has 6 nitrogen and oxygen atoms in total. The Morgan fingerprint density at radius 2 is 1.84 bits per heavy atom. The first-order valence-corrected chi connectivity index (χ1v) is 13.3. The molecule has 32 heavy (non-hydrogen) atoms. The number of piperidine rings is 1. The molecule has 0 aromatic carbocycles. The molecule has 3 aromatic heterocycles. The zero-order valence-corrected chi connectivity index (χ0v) is 19.6. The zero-order valence-electron chi connectivity index (χ0n) is 18.8. The Hall–Kier alpha value is -1.80. The van der Waals surface area contributed by atoms with Crippen molar-refractivity contribution >= 4 is 22.4 Å². The lowest BCUT2D eigenvalue weighted by Crippen LogP contribution is -2.86. The van der Waals surface area contributed by atoms with Gasteiger partial charge in [0.15, 0.2) is 0 Å². The van der Waals surface area contributed by atoms with Crippen molar-refractivity contribution in [3.05, 3.63) is 34.4 Å². The number of aromatic nitrogens is 3. The molecular weight excluding hydrogens is 418 g/mol. The molecule has 0 amide bonds. The summed E-state index contributed by atoms with van der Waals surface area (Å²) in [5.41, 5.74) is 4.70. The molecule has 3 N–H and O–H groups in total. The van der Waals surface area contributed by atoms with Crippen molar-refractivity contribution in [1.29, 1.82) is 0 Å². The van der Waals surface area contributed by atoms with Gasteiger partial charge in [-0.15, -0.1) is 11.3 Å². The van der Waals surface area contributed by atoms with Crippen LogP contribution in [0.15, 0.2) is 23.8 Å². The molecule has 0 radical (unpaired) electrons. The smallest absolute Gasteiger partial charge is 0.137 e. The first-order valence-electron chi connectivity index (χ1n) is 12.4. The van der Waals surface area contributed by atoms with Gasteiger partial charge in [0.05, 0.1) is 37.0 Å². The minimum Gasteiger partial charge on any atom is -0.379 e. The fourth-order valence-corrected chi connectivity index (χ4v) is 6.94. The first-order chi connectivity index (χ1) is 15.8. The normalized spacial score (nSPS) is 26.0. The standard InChI is InChI=1S/C25H33N5OS/c1-3-20(30-9-11-31-12-10-30)4-2-17(1)19-13-21-22(15-28-24(21)27-14-19)23-16-32-25(29-23)18-5-7-26-8-6-18/h13-18,20,26H,1-12H2,(H,27,28)/p+1. The molecule has 0 bridgehead atoms. The first kappa shape index (κ1) is 20.8. The van der Waals surface area contributed by atoms with Crippen molar-refractivity contribution in [2.75, 3.05) is 39.4 Å². The van der Waals surface area contributed by atoms with E-state index >= 15 is 0 Å². The van der Waals surface area contributed by atoms with Crippen LogP contribution in [0, 0.1) is 0 Å². The molecule has 3 aromatic rings. The Morgan fingerprint density at radius 1 is 1.03 bits per heavy atom. The van der Waals surface area contributed by atoms with Gasteiger partial charge in [-0.25, -0.2) is 9.97 Å². The molecular formula is C25H34N5OS+. The Kier molecular flexibility index (Phi) is 5.98. The highest BCUT2D eigenvalue weighted by molar-refractivity contribution is 7.10. The van der Waals surface area contributed by atoms with Crippen LogP contribution >= 0.6 is 11.3 Å². The van der Waals surface area contributed by atoms with Crippen LogP contribution in [0.1, 0.15) is 60.9 Å². The number of quaternary nitrogens is 1. The van der Waals surface area contributed by atoms with Crippen LogP contribution in [0.25, 0.3) is 22.3 Å². The molecule has 170 valence electrons. The lowest BCUT2D eigenvalue weighted by atomic mass is 9.81. The van der Waals surface area contributed by atoms with Gasteiger partial charge in [-0.2, -0.15) is 0 Å². The summed E-state index contributed by atoms with van der Waals surface area (Å²) < 4.78 is 5.54. The van der Waals surface area contributed by atoms with Crippen molar-refractivity contribution in [2.24, 2.45) is 0 Å². The van der Waals surface area contributed by atoms with Crippen molar-refractivity contribution in [3.63, 3.8) is 0 Å². The van der Waals surface area contributed by atoms with Gasteiger partial charge in [0.2, 0.25) is 0 Å². The van der Waals surface area contributed by atoms with Crippen molar-refractivity contribution in [2.45, 2.75) is 56.4 Å². The number of hydrogen-bond donors (Lipinski definition) is 2. The van der Waals surface area contributed by atoms with Crippen LogP contribution < -0.4 is 5.32 Å². The highest BCUT2D eigenvalue weighted by atomic mass is 32.1. The second-order valence-electron chi connectivity index (χ2n) is 9.73. The molecule has 2 aliphatic heterocycles. The van der Waals surface area contributed by atoms with E-state index in [4.69, 9.17) is 14.7 Å². The number of ether oxygens (including phenoxy) is 1. The van der Waals surface area contributed by atoms with Crippen LogP contribution in [0.3, 0.4) is 0 Å². The molecule has 6 rings (SSSR count). The van der Waals surface area contributed by atoms with Crippen LogP contribution in [0.4, 0.5) is 0 Å². The molecule has 5 heterocycles. The number of fused-ring (bicyclic) bond motifs is 1. The van der Waals surface area contributed by atoms with E-state index in [9.17, 15) is 0 Å². The van der Waals surface area contributed by atoms with E-state index in [1.807, 2.05) is 11.3 Å². The van der Waals surface area contributed by atoms with Crippen LogP contribution in [0.5, 0.6) is 0 Å². The second kappa shape index (κ2) is 9.21. The van der Waals surface area contributed by atoms with Gasteiger partial charge in [-0.1, -0.05) is 0 Å². The molecule has 1 saturated carbocycles. The lowest BCUT2D eigenvalue weighted by molar-refractivity contribution is -0.663. The Balaban J connectivity index is 1.19. The van der Waals surface area contributed by atoms with Crippen LogP contribution in [0.2, 0.25) is 0 Å². The minimum atomic E-state index is 0.622. The number of aromatic amines is 1. The summed E-state index contributed by atoms with van der Waals surface area (Å²) in [5.74, 6) is 1.26. The average molecular weight is 453 g/mol. The summed E-state index contributed by atoms with van der Waals surface area (Å²) in [4.78, 5) is 15.9. The summed E-state index contributed by atoms with van der Waals surface area (Å²) in [6, 6.07) is 3.13. The minimum absolute atomic E-state index is 0.622. The summed E-state index contributed by atoms with van der Waals surface area (Å²) in [5, 5.41) is 7.21. The SMILES string of the molecule is c1nc2[nH]cc(-c3csc(C4CC[NH2+]CC4)n3)c2cc1C1CCC(N2CCOCC2)CC1. The quantitative estimate of drug-likeness (QED) is 0.636. The molecule has 1 aliphatic carbocycles. The highest BCUT2D eigenvalue weighted by Crippen LogP contribution is 2.38. The molecule has 0 atom stereocenters. The maximum atomic E-state index is 5.54. The Morgan fingerprint density at radius 3 is 2.66 bits per heavy atom. The molecule has 0 spiro atoms. The topological polar surface area (TPSA) is 70.7 Å². The molecule has 7 heteroatoms. The predicted molar refractivity (Wildman–Crippen MR) is 128 cm³/mol. The summed E-state index contributed by atoms with van der Waals surface area (Å²) in [7, 11) is 0. The molecule has 0 unspecified atom stereocenters. The van der Waals surface area contributed by atoms with Crippen LogP contribution in [-0.2, 0) is 4.74 Å². The fourth-order valence-electron chi connectivity index (χ4n) is 5.94. The third kappa shape index (κ3) is 4.12. The van der Waals surface area contributed by atoms with Crippen molar-refractivity contribution in [1.82, 2.24) is 19.9 Å². The maximum absolute atomic E-state index is 5.54. The van der Waals surface area contributed by atoms with Crippen molar-refractivity contribution < 1.29 is 10.1 Å². The number of morpholine rings is 1. The van der Waals surface area contributed by atoms with Gasteiger partial charge >= 0.3 is 0 Å². The van der Waals surface area contributed by atoms with Gasteiger partial charge in [0.25, 0.3) is 0 Å². The number of pyridine rings is 1. The number of thiazole rings is 1. The summed E-state index contributed by atoms with van der Waals surface area (Å²) in [6.07, 6.45) is 11.8. The molecule has 3 aliphatic rings. The van der Waals surface area contributed by atoms with Crippen LogP contribution in [-0.4, -0.2) is 65.3 Å². The van der Waals surface area contributed by atoms with Gasteiger partial charge in [-0.05, 0) is 43.2 Å². The number of H-pyrrole nitrogens is 1. The van der Waals surface area contributed by atoms with Gasteiger partial charge in [-0.3, -0.25) is 4.90 Å². The van der Waals surface area contributed by atoms with E-state index in [1.54, 1.807) is 0 Å². The monoisotopic (exact) mass is 452 g/mol. The Labute approximate surface area is 193 Å². The van der Waals surface area contributed by atoms with Gasteiger partial charge < -0.3 is 15.0 Å². The zero-order chi connectivity index (χ0) is 21.3. The van der Waals surface area contributed by atoms with E-state index in [0.29, 0.717) is 11.8 Å². The largest absolute Gasteiger partial charge is 0.379 e. The van der Waals surface area contributed by atoms with Crippen molar-refractivity contribution in [3.8, 4) is 11.3 Å². The Bertz CT molecular complexity index is 1040. The van der Waals surface area contributed by atoms with E-state index in [-0.39, 0.29) is 0 Å². The molecule has 2 saturated heterocycles. The molecule has 3 fully saturated rings. The average Bonchev–Trinajstić information content (AvgIpc) is 3.52. The predicted octanol–water partition coefficient (Wildman–Crippen LogP) is 3.49. The van der Waals surface area contributed by atoms with E-state index < -0.39 is 0 Å². The van der Waals surface area contributed by atoms with Gasteiger partial charge in [0, 0.05) is 66.6 Å². The number of nitrogens with zero attached hydrogens (tertiary/aromatic N) is 3. The van der Waals surface area contributed by atoms with E-state index in [1.165, 1.54) is 73.1 Å². The summed E-state index contributed by atoms with van der Waals surface area (Å²) in [6.45, 7) is 6.46. The number of nitrogens with one attached hydrogen (secondary N) is 1. The third-order valence-corrected chi connectivity index (χ3v) is 8.88. The van der Waals surface area contributed by atoms with E-state index in [0.717, 1.165) is 43.7 Å². The third-order valence-electron chi connectivity index (χ3n) is 7.87. The second-order valence-corrected chi connectivity index (χ2v) is 10.6. The summed E-state index contributed by atoms with van der Waals surface area (Å²) >= 11 is 1.84. The van der Waals surface area contributed by atoms with E-state index in [2.05, 4.69) is 39.0 Å². The highest BCUT2D eigenvalue weighted by Gasteiger charge is 2.28. The van der Waals surface area contributed by atoms with Gasteiger partial charge in [0.1, 0.15) is 5.65 Å².